The summed E-state index contributed by atoms with van der Waals surface area (Å²) in [4.78, 5) is 16.5. The summed E-state index contributed by atoms with van der Waals surface area (Å²) in [7, 11) is 0. The van der Waals surface area contributed by atoms with Crippen molar-refractivity contribution in [1.29, 1.82) is 0 Å². The summed E-state index contributed by atoms with van der Waals surface area (Å²) in [6.45, 7) is 3.96. The van der Waals surface area contributed by atoms with Crippen molar-refractivity contribution in [1.82, 2.24) is 4.98 Å². The molecule has 0 aliphatic heterocycles. The van der Waals surface area contributed by atoms with E-state index in [1.807, 2.05) is 67.8 Å². The number of nitrogens with one attached hydrogen (secondary N) is 1. The number of carbonyl (C=O) groups is 1. The molecule has 1 aromatic heterocycles. The molecular weight excluding hydrogens is 320 g/mol. The van der Waals surface area contributed by atoms with Crippen LogP contribution in [0, 0.1) is 13.8 Å². The summed E-state index contributed by atoms with van der Waals surface area (Å²) >= 11 is 1.40. The maximum Gasteiger partial charge on any atom is 0.264 e. The van der Waals surface area contributed by atoms with E-state index in [0.717, 1.165) is 16.8 Å². The van der Waals surface area contributed by atoms with Gasteiger partial charge in [-0.1, -0.05) is 48.0 Å². The first kappa shape index (κ1) is 16.2. The van der Waals surface area contributed by atoms with Crippen molar-refractivity contribution < 1.29 is 9.53 Å². The average Bonchev–Trinajstić information content (AvgIpc) is 3.03. The molecular formula is C19H18N2O2S. The van der Waals surface area contributed by atoms with Gasteiger partial charge < -0.3 is 4.74 Å². The molecule has 0 saturated carbocycles. The fourth-order valence-corrected chi connectivity index (χ4v) is 2.94. The van der Waals surface area contributed by atoms with Crippen molar-refractivity contribution in [2.24, 2.45) is 0 Å². The van der Waals surface area contributed by atoms with Crippen LogP contribution in [-0.4, -0.2) is 17.5 Å². The van der Waals surface area contributed by atoms with E-state index in [1.54, 1.807) is 0 Å². The molecule has 122 valence electrons. The Morgan fingerprint density at radius 1 is 1.12 bits per heavy atom. The quantitative estimate of drug-likeness (QED) is 0.748. The van der Waals surface area contributed by atoms with E-state index in [-0.39, 0.29) is 12.5 Å². The van der Waals surface area contributed by atoms with E-state index in [9.17, 15) is 4.79 Å². The average molecular weight is 338 g/mol. The third kappa shape index (κ3) is 4.00. The van der Waals surface area contributed by atoms with Gasteiger partial charge in [-0.2, -0.15) is 0 Å². The summed E-state index contributed by atoms with van der Waals surface area (Å²) in [6.07, 6.45) is 0. The van der Waals surface area contributed by atoms with Gasteiger partial charge in [0.25, 0.3) is 5.91 Å². The fourth-order valence-electron chi connectivity index (χ4n) is 2.21. The number of rotatable bonds is 5. The van der Waals surface area contributed by atoms with Gasteiger partial charge in [0, 0.05) is 10.9 Å². The summed E-state index contributed by atoms with van der Waals surface area (Å²) in [5.74, 6) is 0.496. The number of hydrogen-bond donors (Lipinski definition) is 1. The van der Waals surface area contributed by atoms with Gasteiger partial charge in [0.1, 0.15) is 5.75 Å². The van der Waals surface area contributed by atoms with Gasteiger partial charge in [-0.3, -0.25) is 10.1 Å². The number of thiazole rings is 1. The van der Waals surface area contributed by atoms with E-state index in [1.165, 1.54) is 16.9 Å². The number of benzene rings is 2. The topological polar surface area (TPSA) is 51.2 Å². The number of amides is 1. The first-order chi connectivity index (χ1) is 11.6. The number of nitrogens with zero attached hydrogens (tertiary/aromatic N) is 1. The fraction of sp³-hybridized carbons (Fsp3) is 0.158. The highest BCUT2D eigenvalue weighted by atomic mass is 32.1. The van der Waals surface area contributed by atoms with Crippen molar-refractivity contribution in [2.75, 3.05) is 11.9 Å². The van der Waals surface area contributed by atoms with Gasteiger partial charge in [-0.25, -0.2) is 4.98 Å². The van der Waals surface area contributed by atoms with E-state index < -0.39 is 0 Å². The highest BCUT2D eigenvalue weighted by molar-refractivity contribution is 7.14. The van der Waals surface area contributed by atoms with Crippen LogP contribution in [0.25, 0.3) is 11.3 Å². The predicted molar refractivity (Wildman–Crippen MR) is 97.6 cm³/mol. The zero-order chi connectivity index (χ0) is 16.9. The van der Waals surface area contributed by atoms with Crippen LogP contribution in [0.2, 0.25) is 0 Å². The number of para-hydroxylation sites is 1. The lowest BCUT2D eigenvalue weighted by Crippen LogP contribution is -2.20. The maximum absolute atomic E-state index is 12.0. The van der Waals surface area contributed by atoms with E-state index in [4.69, 9.17) is 4.74 Å². The van der Waals surface area contributed by atoms with Gasteiger partial charge in [-0.05, 0) is 25.5 Å². The van der Waals surface area contributed by atoms with E-state index in [0.29, 0.717) is 10.9 Å². The highest BCUT2D eigenvalue weighted by Gasteiger charge is 2.09. The molecule has 4 nitrogen and oxygen atoms in total. The molecule has 0 aliphatic carbocycles. The molecule has 0 fully saturated rings. The van der Waals surface area contributed by atoms with Crippen LogP contribution in [0.1, 0.15) is 11.1 Å². The third-order valence-corrected chi connectivity index (χ3v) is 4.31. The Morgan fingerprint density at radius 2 is 1.88 bits per heavy atom. The molecule has 3 rings (SSSR count). The second-order valence-corrected chi connectivity index (χ2v) is 6.36. The van der Waals surface area contributed by atoms with Gasteiger partial charge in [-0.15, -0.1) is 11.3 Å². The molecule has 0 atom stereocenters. The zero-order valence-corrected chi connectivity index (χ0v) is 14.4. The lowest BCUT2D eigenvalue weighted by molar-refractivity contribution is -0.118. The number of aryl methyl sites for hydroxylation is 2. The molecule has 0 saturated heterocycles. The Bertz CT molecular complexity index is 841. The van der Waals surface area contributed by atoms with E-state index in [2.05, 4.69) is 10.3 Å². The second kappa shape index (κ2) is 7.27. The lowest BCUT2D eigenvalue weighted by atomic mass is 10.1. The van der Waals surface area contributed by atoms with Crippen LogP contribution in [0.15, 0.2) is 53.9 Å². The van der Waals surface area contributed by atoms with Gasteiger partial charge in [0.05, 0.1) is 5.69 Å². The van der Waals surface area contributed by atoms with Crippen LogP contribution >= 0.6 is 11.3 Å². The van der Waals surface area contributed by atoms with Crippen molar-refractivity contribution >= 4 is 22.4 Å². The van der Waals surface area contributed by atoms with Crippen molar-refractivity contribution in [2.45, 2.75) is 13.8 Å². The van der Waals surface area contributed by atoms with Gasteiger partial charge >= 0.3 is 0 Å². The van der Waals surface area contributed by atoms with Crippen LogP contribution < -0.4 is 10.1 Å². The van der Waals surface area contributed by atoms with Gasteiger partial charge in [0.2, 0.25) is 0 Å². The number of anilines is 1. The second-order valence-electron chi connectivity index (χ2n) is 5.51. The van der Waals surface area contributed by atoms with E-state index >= 15 is 0 Å². The molecule has 1 N–H and O–H groups in total. The smallest absolute Gasteiger partial charge is 0.264 e. The van der Waals surface area contributed by atoms with Crippen molar-refractivity contribution in [3.05, 3.63) is 65.0 Å². The molecule has 24 heavy (non-hydrogen) atoms. The molecule has 1 heterocycles. The Morgan fingerprint density at radius 3 is 2.62 bits per heavy atom. The summed E-state index contributed by atoms with van der Waals surface area (Å²) < 4.78 is 5.54. The first-order valence-corrected chi connectivity index (χ1v) is 8.50. The minimum atomic E-state index is -0.219. The predicted octanol–water partition coefficient (Wildman–Crippen LogP) is 4.44. The van der Waals surface area contributed by atoms with Crippen LogP contribution in [0.3, 0.4) is 0 Å². The molecule has 0 unspecified atom stereocenters. The molecule has 2 aromatic carbocycles. The number of hydrogen-bond acceptors (Lipinski definition) is 4. The molecule has 3 aromatic rings. The third-order valence-electron chi connectivity index (χ3n) is 3.55. The standard InChI is InChI=1S/C19H18N2O2S/c1-13-7-9-15(10-8-13)16-12-24-19(20-16)21-18(22)11-23-17-6-4-3-5-14(17)2/h3-10,12H,11H2,1-2H3,(H,20,21,22). The normalized spacial score (nSPS) is 10.4. The summed E-state index contributed by atoms with van der Waals surface area (Å²) in [5, 5.41) is 5.28. The first-order valence-electron chi connectivity index (χ1n) is 7.62. The minimum absolute atomic E-state index is 0.0374. The lowest BCUT2D eigenvalue weighted by Gasteiger charge is -2.08. The van der Waals surface area contributed by atoms with Crippen molar-refractivity contribution in [3.8, 4) is 17.0 Å². The monoisotopic (exact) mass is 338 g/mol. The molecule has 0 aliphatic rings. The molecule has 5 heteroatoms. The van der Waals surface area contributed by atoms with Crippen molar-refractivity contribution in [3.63, 3.8) is 0 Å². The Kier molecular flexibility index (Phi) is 4.91. The Labute approximate surface area is 145 Å². The van der Waals surface area contributed by atoms with Crippen LogP contribution in [0.4, 0.5) is 5.13 Å². The molecule has 0 radical (unpaired) electrons. The number of ether oxygens (including phenoxy) is 1. The summed E-state index contributed by atoms with van der Waals surface area (Å²) in [6, 6.07) is 15.8. The Balaban J connectivity index is 1.59. The minimum Gasteiger partial charge on any atom is -0.483 e. The summed E-state index contributed by atoms with van der Waals surface area (Å²) in [5.41, 5.74) is 4.10. The largest absolute Gasteiger partial charge is 0.483 e. The van der Waals surface area contributed by atoms with Crippen LogP contribution in [-0.2, 0) is 4.79 Å². The SMILES string of the molecule is Cc1ccc(-c2csc(NC(=O)COc3ccccc3C)n2)cc1. The maximum atomic E-state index is 12.0. The Hall–Kier alpha value is -2.66. The molecule has 1 amide bonds. The van der Waals surface area contributed by atoms with Crippen LogP contribution in [0.5, 0.6) is 5.75 Å². The molecule has 0 bridgehead atoms. The molecule has 0 spiro atoms. The highest BCUT2D eigenvalue weighted by Crippen LogP contribution is 2.25. The van der Waals surface area contributed by atoms with Gasteiger partial charge in [0.15, 0.2) is 11.7 Å². The number of carbonyl (C=O) groups excluding carboxylic acids is 1. The zero-order valence-electron chi connectivity index (χ0n) is 13.6. The number of aromatic nitrogens is 1.